The number of benzene rings is 1. The second-order valence-electron chi connectivity index (χ2n) is 6.61. The van der Waals surface area contributed by atoms with Crippen molar-refractivity contribution in [2.24, 2.45) is 5.92 Å². The fourth-order valence-corrected chi connectivity index (χ4v) is 3.36. The molecular weight excluding hydrogens is 324 g/mol. The van der Waals surface area contributed by atoms with Gasteiger partial charge in [-0.1, -0.05) is 69.2 Å². The number of Topliss-reactive ketones (excluding diaryl/α,β-unsaturated/α-hetero) is 1. The van der Waals surface area contributed by atoms with E-state index in [2.05, 4.69) is 6.92 Å². The van der Waals surface area contributed by atoms with Crippen LogP contribution in [-0.2, 0) is 14.3 Å². The molecule has 0 amide bonds. The van der Waals surface area contributed by atoms with Crippen molar-refractivity contribution >= 4 is 23.4 Å². The van der Waals surface area contributed by atoms with Crippen molar-refractivity contribution < 1.29 is 14.3 Å². The second-order valence-corrected chi connectivity index (χ2v) is 7.05. The van der Waals surface area contributed by atoms with Gasteiger partial charge in [0.15, 0.2) is 0 Å². The minimum absolute atomic E-state index is 0.148. The molecule has 0 spiro atoms. The summed E-state index contributed by atoms with van der Waals surface area (Å²) in [6.07, 6.45) is 8.55. The highest BCUT2D eigenvalue weighted by atomic mass is 35.5. The fourth-order valence-electron chi connectivity index (χ4n) is 3.24. The number of halogens is 1. The molecule has 2 rings (SSSR count). The molecule has 132 valence electrons. The quantitative estimate of drug-likeness (QED) is 0.404. The van der Waals surface area contributed by atoms with Gasteiger partial charge in [-0.3, -0.25) is 9.59 Å². The van der Waals surface area contributed by atoms with Crippen LogP contribution in [0, 0.1) is 5.92 Å². The summed E-state index contributed by atoms with van der Waals surface area (Å²) in [5.74, 6) is -0.485. The van der Waals surface area contributed by atoms with Gasteiger partial charge in [0.05, 0.1) is 12.3 Å². The predicted molar refractivity (Wildman–Crippen MR) is 96.0 cm³/mol. The van der Waals surface area contributed by atoms with E-state index in [9.17, 15) is 9.59 Å². The standard InChI is InChI=1S/C20H27ClO3/c1-2-3-4-5-6-7-8-9-18(22)17-14-19(23)24-20(17)15-10-12-16(21)13-11-15/h10-13,17,20H,2-9,14H2,1H3/t17-,20+/m0/s1. The lowest BCUT2D eigenvalue weighted by Gasteiger charge is -2.17. The summed E-state index contributed by atoms with van der Waals surface area (Å²) in [5, 5.41) is 0.633. The predicted octanol–water partition coefficient (Wildman–Crippen LogP) is 5.65. The van der Waals surface area contributed by atoms with E-state index in [4.69, 9.17) is 16.3 Å². The highest BCUT2D eigenvalue weighted by Gasteiger charge is 2.39. The largest absolute Gasteiger partial charge is 0.457 e. The zero-order valence-electron chi connectivity index (χ0n) is 14.4. The number of hydrogen-bond donors (Lipinski definition) is 0. The van der Waals surface area contributed by atoms with Gasteiger partial charge in [-0.2, -0.15) is 0 Å². The molecule has 0 radical (unpaired) electrons. The summed E-state index contributed by atoms with van der Waals surface area (Å²) in [7, 11) is 0. The third-order valence-electron chi connectivity index (χ3n) is 4.65. The Hall–Kier alpha value is -1.35. The summed E-state index contributed by atoms with van der Waals surface area (Å²) in [6, 6.07) is 7.20. The van der Waals surface area contributed by atoms with Crippen molar-refractivity contribution in [2.45, 2.75) is 70.8 Å². The van der Waals surface area contributed by atoms with Crippen LogP contribution in [0.3, 0.4) is 0 Å². The normalized spacial score (nSPS) is 20.2. The Kier molecular flexibility index (Phi) is 7.77. The van der Waals surface area contributed by atoms with E-state index in [0.29, 0.717) is 11.4 Å². The first-order valence-electron chi connectivity index (χ1n) is 9.09. The molecule has 1 aliphatic heterocycles. The van der Waals surface area contributed by atoms with Gasteiger partial charge in [0, 0.05) is 11.4 Å². The summed E-state index contributed by atoms with van der Waals surface area (Å²) < 4.78 is 5.39. The molecule has 24 heavy (non-hydrogen) atoms. The molecule has 0 aliphatic carbocycles. The van der Waals surface area contributed by atoms with E-state index < -0.39 is 6.10 Å². The minimum Gasteiger partial charge on any atom is -0.457 e. The smallest absolute Gasteiger partial charge is 0.307 e. The van der Waals surface area contributed by atoms with Crippen molar-refractivity contribution in [1.82, 2.24) is 0 Å². The molecule has 1 aromatic rings. The highest BCUT2D eigenvalue weighted by Crippen LogP contribution is 2.37. The van der Waals surface area contributed by atoms with Crippen LogP contribution in [0.25, 0.3) is 0 Å². The Bertz CT molecular complexity index is 538. The number of esters is 1. The zero-order chi connectivity index (χ0) is 17.4. The summed E-state index contributed by atoms with van der Waals surface area (Å²) in [4.78, 5) is 24.2. The highest BCUT2D eigenvalue weighted by molar-refractivity contribution is 6.30. The SMILES string of the molecule is CCCCCCCCCC(=O)[C@@H]1CC(=O)O[C@@H]1c1ccc(Cl)cc1. The Morgan fingerprint density at radius 2 is 1.71 bits per heavy atom. The molecule has 4 heteroatoms. The van der Waals surface area contributed by atoms with Crippen LogP contribution in [0.1, 0.15) is 76.4 Å². The molecule has 0 N–H and O–H groups in total. The topological polar surface area (TPSA) is 43.4 Å². The molecule has 1 aromatic carbocycles. The first-order chi connectivity index (χ1) is 11.6. The molecular formula is C20H27ClO3. The van der Waals surface area contributed by atoms with Gasteiger partial charge < -0.3 is 4.74 Å². The fraction of sp³-hybridized carbons (Fsp3) is 0.600. The van der Waals surface area contributed by atoms with Gasteiger partial charge in [0.25, 0.3) is 0 Å². The first kappa shape index (κ1) is 19.0. The molecule has 0 aromatic heterocycles. The molecule has 1 fully saturated rings. The first-order valence-corrected chi connectivity index (χ1v) is 9.47. The Morgan fingerprint density at radius 1 is 1.08 bits per heavy atom. The van der Waals surface area contributed by atoms with Crippen LogP contribution in [0.4, 0.5) is 0 Å². The molecule has 0 unspecified atom stereocenters. The van der Waals surface area contributed by atoms with Crippen LogP contribution < -0.4 is 0 Å². The maximum absolute atomic E-state index is 12.5. The van der Waals surface area contributed by atoms with Crippen LogP contribution in [0.15, 0.2) is 24.3 Å². The lowest BCUT2D eigenvalue weighted by molar-refractivity contribution is -0.141. The summed E-state index contributed by atoms with van der Waals surface area (Å²) in [6.45, 7) is 2.21. The van der Waals surface area contributed by atoms with Crippen LogP contribution >= 0.6 is 11.6 Å². The molecule has 1 saturated heterocycles. The van der Waals surface area contributed by atoms with Gasteiger partial charge in [-0.05, 0) is 24.1 Å². The Balaban J connectivity index is 1.81. The third kappa shape index (κ3) is 5.62. The zero-order valence-corrected chi connectivity index (χ0v) is 15.2. The van der Waals surface area contributed by atoms with Gasteiger partial charge in [0.1, 0.15) is 11.9 Å². The molecule has 0 saturated carbocycles. The van der Waals surface area contributed by atoms with Crippen molar-refractivity contribution in [3.05, 3.63) is 34.9 Å². The number of ketones is 1. The number of carbonyl (C=O) groups is 2. The van der Waals surface area contributed by atoms with Crippen LogP contribution in [0.5, 0.6) is 0 Å². The monoisotopic (exact) mass is 350 g/mol. The maximum atomic E-state index is 12.5. The van der Waals surface area contributed by atoms with Crippen LogP contribution in [-0.4, -0.2) is 11.8 Å². The summed E-state index contributed by atoms with van der Waals surface area (Å²) in [5.41, 5.74) is 0.850. The second kappa shape index (κ2) is 9.83. The van der Waals surface area contributed by atoms with E-state index in [-0.39, 0.29) is 24.1 Å². The Labute approximate surface area is 149 Å². The molecule has 1 heterocycles. The summed E-state index contributed by atoms with van der Waals surface area (Å²) >= 11 is 5.90. The lowest BCUT2D eigenvalue weighted by atomic mass is 9.89. The van der Waals surface area contributed by atoms with Gasteiger partial charge in [0.2, 0.25) is 0 Å². The van der Waals surface area contributed by atoms with E-state index in [0.717, 1.165) is 18.4 Å². The van der Waals surface area contributed by atoms with Gasteiger partial charge in [-0.25, -0.2) is 0 Å². The molecule has 3 nitrogen and oxygen atoms in total. The Morgan fingerprint density at radius 3 is 2.38 bits per heavy atom. The van der Waals surface area contributed by atoms with E-state index in [1.165, 1.54) is 32.1 Å². The van der Waals surface area contributed by atoms with Crippen molar-refractivity contribution in [2.75, 3.05) is 0 Å². The number of ether oxygens (including phenoxy) is 1. The average molecular weight is 351 g/mol. The lowest BCUT2D eigenvalue weighted by Crippen LogP contribution is -2.18. The number of unbranched alkanes of at least 4 members (excludes halogenated alkanes) is 6. The van der Waals surface area contributed by atoms with Gasteiger partial charge >= 0.3 is 5.97 Å². The van der Waals surface area contributed by atoms with E-state index in [1.54, 1.807) is 12.1 Å². The van der Waals surface area contributed by atoms with Crippen molar-refractivity contribution in [1.29, 1.82) is 0 Å². The van der Waals surface area contributed by atoms with Gasteiger partial charge in [-0.15, -0.1) is 0 Å². The molecule has 2 atom stereocenters. The van der Waals surface area contributed by atoms with Crippen LogP contribution in [0.2, 0.25) is 5.02 Å². The minimum atomic E-state index is -0.452. The number of hydrogen-bond acceptors (Lipinski definition) is 3. The maximum Gasteiger partial charge on any atom is 0.307 e. The molecule has 0 bridgehead atoms. The van der Waals surface area contributed by atoms with Crippen molar-refractivity contribution in [3.63, 3.8) is 0 Å². The van der Waals surface area contributed by atoms with E-state index in [1.807, 2.05) is 12.1 Å². The third-order valence-corrected chi connectivity index (χ3v) is 4.90. The number of rotatable bonds is 10. The average Bonchev–Trinajstić information content (AvgIpc) is 2.96. The van der Waals surface area contributed by atoms with E-state index >= 15 is 0 Å². The van der Waals surface area contributed by atoms with Crippen molar-refractivity contribution in [3.8, 4) is 0 Å². The molecule has 1 aliphatic rings. The number of carbonyl (C=O) groups excluding carboxylic acids is 2. The number of cyclic esters (lactones) is 1.